The van der Waals surface area contributed by atoms with E-state index in [9.17, 15) is 9.59 Å². The summed E-state index contributed by atoms with van der Waals surface area (Å²) < 4.78 is 11.7. The topological polar surface area (TPSA) is 84.9 Å². The maximum atomic E-state index is 12.6. The van der Waals surface area contributed by atoms with Crippen LogP contribution < -0.4 is 10.1 Å². The fraction of sp³-hybridized carbons (Fsp3) is 0.417. The van der Waals surface area contributed by atoms with Gasteiger partial charge in [-0.3, -0.25) is 4.79 Å². The number of carbonyl (C=O) groups excluding carboxylic acids is 1. The van der Waals surface area contributed by atoms with E-state index in [1.807, 2.05) is 6.92 Å². The molecule has 7 heteroatoms. The Bertz CT molecular complexity index is 889. The fourth-order valence-electron chi connectivity index (χ4n) is 3.83. The van der Waals surface area contributed by atoms with Gasteiger partial charge in [-0.2, -0.15) is 0 Å². The van der Waals surface area contributed by atoms with Gasteiger partial charge in [0.05, 0.1) is 11.6 Å². The minimum atomic E-state index is -0.981. The number of aromatic carboxylic acids is 1. The van der Waals surface area contributed by atoms with Crippen LogP contribution in [0.2, 0.25) is 0 Å². The average Bonchev–Trinajstić information content (AvgIpc) is 3.45. The third-order valence-corrected chi connectivity index (χ3v) is 5.72. The van der Waals surface area contributed by atoms with Gasteiger partial charge in [0.2, 0.25) is 5.91 Å². The molecule has 1 saturated heterocycles. The van der Waals surface area contributed by atoms with Gasteiger partial charge < -0.3 is 19.9 Å². The molecule has 2 aromatic carbocycles. The predicted molar refractivity (Wildman–Crippen MR) is 119 cm³/mol. The highest BCUT2D eigenvalue weighted by molar-refractivity contribution is 5.87. The van der Waals surface area contributed by atoms with Crippen molar-refractivity contribution in [3.05, 3.63) is 65.2 Å². The molecule has 4 rings (SSSR count). The summed E-state index contributed by atoms with van der Waals surface area (Å²) in [7, 11) is 0. The van der Waals surface area contributed by atoms with E-state index < -0.39 is 18.2 Å². The van der Waals surface area contributed by atoms with Gasteiger partial charge in [0, 0.05) is 6.61 Å². The van der Waals surface area contributed by atoms with E-state index in [1.54, 1.807) is 12.1 Å². The molecule has 2 N–H and O–H groups in total. The quantitative estimate of drug-likeness (QED) is 0.625. The van der Waals surface area contributed by atoms with Crippen LogP contribution in [0.3, 0.4) is 0 Å². The number of halogens is 1. The molecule has 166 valence electrons. The summed E-state index contributed by atoms with van der Waals surface area (Å²) >= 11 is 0. The van der Waals surface area contributed by atoms with Gasteiger partial charge in [-0.1, -0.05) is 24.3 Å². The van der Waals surface area contributed by atoms with Crippen LogP contribution in [0.15, 0.2) is 48.5 Å². The minimum absolute atomic E-state index is 0. The number of nitrogens with one attached hydrogen (secondary N) is 1. The first-order chi connectivity index (χ1) is 14.5. The molecule has 0 bridgehead atoms. The third-order valence-electron chi connectivity index (χ3n) is 5.72. The molecular formula is C24H28ClNO5. The SMILES string of the molecule is C[C@H](NC(=O)[C@@H]1CCCO1)[C@H](Oc1ccc(C(=O)O)cc1)c1ccc(C2CC2)cc1.Cl. The van der Waals surface area contributed by atoms with Crippen LogP contribution in [-0.4, -0.2) is 35.7 Å². The number of rotatable bonds is 8. The van der Waals surface area contributed by atoms with E-state index in [-0.39, 0.29) is 29.9 Å². The number of hydrogen-bond acceptors (Lipinski definition) is 4. The Labute approximate surface area is 188 Å². The van der Waals surface area contributed by atoms with Crippen LogP contribution in [0, 0.1) is 0 Å². The summed E-state index contributed by atoms with van der Waals surface area (Å²) in [5.41, 5.74) is 2.49. The van der Waals surface area contributed by atoms with E-state index in [0.29, 0.717) is 18.3 Å². The Morgan fingerprint density at radius 3 is 2.29 bits per heavy atom. The van der Waals surface area contributed by atoms with E-state index >= 15 is 0 Å². The Hall–Kier alpha value is -2.57. The number of carboxylic acid groups (broad SMARTS) is 1. The van der Waals surface area contributed by atoms with Crippen LogP contribution in [0.25, 0.3) is 0 Å². The third kappa shape index (κ3) is 5.77. The van der Waals surface area contributed by atoms with Crippen LogP contribution in [0.1, 0.15) is 66.1 Å². The molecule has 0 aromatic heterocycles. The Kier molecular flexibility index (Phi) is 7.57. The smallest absolute Gasteiger partial charge is 0.335 e. The molecule has 1 aliphatic heterocycles. The van der Waals surface area contributed by atoms with Crippen molar-refractivity contribution in [1.82, 2.24) is 5.32 Å². The average molecular weight is 446 g/mol. The highest BCUT2D eigenvalue weighted by atomic mass is 35.5. The minimum Gasteiger partial charge on any atom is -0.484 e. The molecule has 1 aliphatic carbocycles. The van der Waals surface area contributed by atoms with Gasteiger partial charge in [0.15, 0.2) is 0 Å². The van der Waals surface area contributed by atoms with Crippen LogP contribution in [0.4, 0.5) is 0 Å². The molecule has 0 spiro atoms. The summed E-state index contributed by atoms with van der Waals surface area (Å²) in [6, 6.07) is 14.4. The zero-order chi connectivity index (χ0) is 21.1. The molecule has 2 aromatic rings. The zero-order valence-electron chi connectivity index (χ0n) is 17.5. The number of carbonyl (C=O) groups is 2. The monoisotopic (exact) mass is 445 g/mol. The Balaban J connectivity index is 0.00000272. The summed E-state index contributed by atoms with van der Waals surface area (Å²) in [5.74, 6) is 0.114. The van der Waals surface area contributed by atoms with Gasteiger partial charge in [0.25, 0.3) is 0 Å². The van der Waals surface area contributed by atoms with E-state index in [1.165, 1.54) is 30.5 Å². The fourth-order valence-corrected chi connectivity index (χ4v) is 3.83. The zero-order valence-corrected chi connectivity index (χ0v) is 18.3. The normalized spacial score (nSPS) is 19.7. The lowest BCUT2D eigenvalue weighted by molar-refractivity contribution is -0.131. The van der Waals surface area contributed by atoms with Crippen molar-refractivity contribution in [3.8, 4) is 5.75 Å². The van der Waals surface area contributed by atoms with E-state index in [4.69, 9.17) is 14.6 Å². The highest BCUT2D eigenvalue weighted by Crippen LogP contribution is 2.40. The Morgan fingerprint density at radius 1 is 1.06 bits per heavy atom. The lowest BCUT2D eigenvalue weighted by Gasteiger charge is -2.27. The molecule has 0 unspecified atom stereocenters. The number of benzene rings is 2. The molecule has 1 saturated carbocycles. The van der Waals surface area contributed by atoms with Crippen molar-refractivity contribution in [3.63, 3.8) is 0 Å². The molecule has 2 fully saturated rings. The second-order valence-corrected chi connectivity index (χ2v) is 8.11. The van der Waals surface area contributed by atoms with Crippen molar-refractivity contribution < 1.29 is 24.2 Å². The van der Waals surface area contributed by atoms with Crippen molar-refractivity contribution >= 4 is 24.3 Å². The predicted octanol–water partition coefficient (Wildman–Crippen LogP) is 4.49. The van der Waals surface area contributed by atoms with Crippen molar-refractivity contribution in [2.75, 3.05) is 6.61 Å². The van der Waals surface area contributed by atoms with Crippen LogP contribution in [-0.2, 0) is 9.53 Å². The van der Waals surface area contributed by atoms with Gasteiger partial charge in [-0.05, 0) is 73.9 Å². The molecule has 1 heterocycles. The van der Waals surface area contributed by atoms with Gasteiger partial charge in [-0.25, -0.2) is 4.79 Å². The summed E-state index contributed by atoms with van der Waals surface area (Å²) in [6.07, 6.45) is 3.29. The number of carboxylic acids is 1. The van der Waals surface area contributed by atoms with Gasteiger partial charge in [-0.15, -0.1) is 12.4 Å². The largest absolute Gasteiger partial charge is 0.484 e. The van der Waals surface area contributed by atoms with Gasteiger partial charge in [0.1, 0.15) is 18.0 Å². The summed E-state index contributed by atoms with van der Waals surface area (Å²) in [5, 5.41) is 12.1. The maximum Gasteiger partial charge on any atom is 0.335 e. The van der Waals surface area contributed by atoms with Crippen molar-refractivity contribution in [2.24, 2.45) is 0 Å². The first-order valence-electron chi connectivity index (χ1n) is 10.5. The first-order valence-corrected chi connectivity index (χ1v) is 10.5. The molecule has 31 heavy (non-hydrogen) atoms. The molecule has 3 atom stereocenters. The van der Waals surface area contributed by atoms with Crippen molar-refractivity contribution in [2.45, 2.75) is 56.8 Å². The lowest BCUT2D eigenvalue weighted by atomic mass is 10.00. The maximum absolute atomic E-state index is 12.6. The molecule has 6 nitrogen and oxygen atoms in total. The van der Waals surface area contributed by atoms with E-state index in [2.05, 4.69) is 29.6 Å². The number of hydrogen-bond donors (Lipinski definition) is 2. The first kappa shape index (κ1) is 23.1. The van der Waals surface area contributed by atoms with E-state index in [0.717, 1.165) is 18.4 Å². The van der Waals surface area contributed by atoms with Crippen molar-refractivity contribution in [1.29, 1.82) is 0 Å². The highest BCUT2D eigenvalue weighted by Gasteiger charge is 2.29. The lowest BCUT2D eigenvalue weighted by Crippen LogP contribution is -2.44. The second-order valence-electron chi connectivity index (χ2n) is 8.11. The molecule has 0 radical (unpaired) electrons. The number of amides is 1. The molecule has 1 amide bonds. The summed E-state index contributed by atoms with van der Waals surface area (Å²) in [6.45, 7) is 2.53. The molecule has 2 aliphatic rings. The number of ether oxygens (including phenoxy) is 2. The molecular weight excluding hydrogens is 418 g/mol. The summed E-state index contributed by atoms with van der Waals surface area (Å²) in [4.78, 5) is 23.7. The Morgan fingerprint density at radius 2 is 1.74 bits per heavy atom. The van der Waals surface area contributed by atoms with Gasteiger partial charge >= 0.3 is 5.97 Å². The second kappa shape index (κ2) is 10.2. The van der Waals surface area contributed by atoms with Crippen LogP contribution in [0.5, 0.6) is 5.75 Å². The van der Waals surface area contributed by atoms with Crippen LogP contribution >= 0.6 is 12.4 Å². The standard InChI is InChI=1S/C24H27NO5.ClH/c1-15(25-23(26)21-3-2-14-29-21)22(18-8-6-17(7-9-18)16-4-5-16)30-20-12-10-19(11-13-20)24(27)28;/h6-13,15-16,21-22H,2-5,14H2,1H3,(H,25,26)(H,27,28);1H/t15-,21-,22-;/m0./s1.